The molecule has 0 spiro atoms. The summed E-state index contributed by atoms with van der Waals surface area (Å²) in [5, 5.41) is 7.47. The van der Waals surface area contributed by atoms with Crippen molar-refractivity contribution in [2.24, 2.45) is 0 Å². The molecular formula is C16H25ClO4. The molecule has 0 saturated heterocycles. The van der Waals surface area contributed by atoms with Crippen molar-refractivity contribution in [1.29, 1.82) is 0 Å². The topological polar surface area (TPSA) is 63.6 Å². The molecule has 0 fully saturated rings. The fourth-order valence-electron chi connectivity index (χ4n) is 0.659. The minimum absolute atomic E-state index is 0.0833. The lowest BCUT2D eigenvalue weighted by Gasteiger charge is -1.97. The third-order valence-corrected chi connectivity index (χ3v) is 1.78. The van der Waals surface area contributed by atoms with Gasteiger partial charge < -0.3 is 9.84 Å². The van der Waals surface area contributed by atoms with Crippen molar-refractivity contribution in [1.82, 2.24) is 0 Å². The van der Waals surface area contributed by atoms with Crippen LogP contribution in [-0.4, -0.2) is 29.5 Å². The van der Waals surface area contributed by atoms with Gasteiger partial charge in [0.1, 0.15) is 6.61 Å². The monoisotopic (exact) mass is 316 g/mol. The molecule has 0 aromatic heterocycles. The van der Waals surface area contributed by atoms with Crippen molar-refractivity contribution in [3.05, 3.63) is 50.6 Å². The molecule has 4 nitrogen and oxygen atoms in total. The Morgan fingerprint density at radius 2 is 1.43 bits per heavy atom. The Balaban J connectivity index is -0.000000256. The number of carbonyl (C=O) groups is 2. The highest BCUT2D eigenvalue weighted by molar-refractivity contribution is 6.63. The van der Waals surface area contributed by atoms with Crippen molar-refractivity contribution < 1.29 is 19.4 Å². The second-order valence-corrected chi connectivity index (χ2v) is 3.87. The van der Waals surface area contributed by atoms with Gasteiger partial charge in [0.05, 0.1) is 6.61 Å². The quantitative estimate of drug-likeness (QED) is 0.401. The molecule has 0 aromatic carbocycles. The predicted octanol–water partition coefficient (Wildman–Crippen LogP) is 3.56. The Hall–Kier alpha value is -1.65. The van der Waals surface area contributed by atoms with Gasteiger partial charge in [-0.25, -0.2) is 0 Å². The van der Waals surface area contributed by atoms with Crippen LogP contribution in [-0.2, 0) is 14.3 Å². The summed E-state index contributed by atoms with van der Waals surface area (Å²) < 4.78 is 4.69. The molecule has 21 heavy (non-hydrogen) atoms. The Morgan fingerprint density at radius 3 is 1.71 bits per heavy atom. The molecular weight excluding hydrogens is 292 g/mol. The lowest BCUT2D eigenvalue weighted by molar-refractivity contribution is -0.142. The fraction of sp³-hybridized carbons (Fsp3) is 0.375. The number of esters is 1. The molecule has 120 valence electrons. The van der Waals surface area contributed by atoms with Crippen LogP contribution in [0.4, 0.5) is 0 Å². The molecule has 0 heterocycles. The normalized spacial score (nSPS) is 7.90. The molecule has 0 aromatic rings. The summed E-state index contributed by atoms with van der Waals surface area (Å²) in [4.78, 5) is 20.6. The van der Waals surface area contributed by atoms with Crippen LogP contribution in [0.2, 0.25) is 0 Å². The summed E-state index contributed by atoms with van der Waals surface area (Å²) in [6, 6.07) is 0. The van der Waals surface area contributed by atoms with Crippen LogP contribution in [0.25, 0.3) is 0 Å². The SMILES string of the molecule is C=CCCC(=O)Cl.C=CCCC(=O)OCC=C.C=CCO. The minimum Gasteiger partial charge on any atom is -0.461 e. The third-order valence-electron chi connectivity index (χ3n) is 1.59. The Bertz CT molecular complexity index is 297. The first kappa shape index (κ1) is 24.4. The Labute approximate surface area is 132 Å². The second-order valence-electron chi connectivity index (χ2n) is 3.45. The number of aliphatic hydroxyl groups is 1. The van der Waals surface area contributed by atoms with Gasteiger partial charge in [-0.1, -0.05) is 30.9 Å². The largest absolute Gasteiger partial charge is 0.461 e. The van der Waals surface area contributed by atoms with Crippen molar-refractivity contribution in [3.63, 3.8) is 0 Å². The van der Waals surface area contributed by atoms with E-state index in [1.807, 2.05) is 0 Å². The first-order valence-corrected chi connectivity index (χ1v) is 6.76. The first-order chi connectivity index (χ1) is 9.99. The summed E-state index contributed by atoms with van der Waals surface area (Å²) in [6.45, 7) is 13.9. The number of aliphatic hydroxyl groups excluding tert-OH is 1. The van der Waals surface area contributed by atoms with E-state index in [2.05, 4.69) is 31.1 Å². The van der Waals surface area contributed by atoms with Gasteiger partial charge >= 0.3 is 5.97 Å². The molecule has 0 amide bonds. The van der Waals surface area contributed by atoms with Gasteiger partial charge in [-0.3, -0.25) is 9.59 Å². The molecule has 0 bridgehead atoms. The van der Waals surface area contributed by atoms with Crippen LogP contribution in [0.1, 0.15) is 25.7 Å². The van der Waals surface area contributed by atoms with Crippen molar-refractivity contribution in [2.45, 2.75) is 25.7 Å². The molecule has 0 radical (unpaired) electrons. The van der Waals surface area contributed by atoms with Crippen LogP contribution >= 0.6 is 11.6 Å². The van der Waals surface area contributed by atoms with Gasteiger partial charge in [0.25, 0.3) is 0 Å². The van der Waals surface area contributed by atoms with E-state index in [9.17, 15) is 9.59 Å². The molecule has 0 aliphatic heterocycles. The Kier molecular flexibility index (Phi) is 27.2. The molecule has 0 aliphatic carbocycles. The number of hydrogen-bond acceptors (Lipinski definition) is 4. The van der Waals surface area contributed by atoms with E-state index in [-0.39, 0.29) is 17.8 Å². The fourth-order valence-corrected chi connectivity index (χ4v) is 0.769. The van der Waals surface area contributed by atoms with Crippen LogP contribution in [0, 0.1) is 0 Å². The highest BCUT2D eigenvalue weighted by atomic mass is 35.5. The molecule has 0 atom stereocenters. The first-order valence-electron chi connectivity index (χ1n) is 6.38. The van der Waals surface area contributed by atoms with Crippen LogP contribution < -0.4 is 0 Å². The summed E-state index contributed by atoms with van der Waals surface area (Å²) in [5.74, 6) is -0.195. The van der Waals surface area contributed by atoms with Gasteiger partial charge in [0, 0.05) is 12.8 Å². The highest BCUT2D eigenvalue weighted by Crippen LogP contribution is 1.93. The van der Waals surface area contributed by atoms with E-state index >= 15 is 0 Å². The molecule has 0 saturated carbocycles. The van der Waals surface area contributed by atoms with Crippen LogP contribution in [0.15, 0.2) is 50.6 Å². The maximum absolute atomic E-state index is 10.6. The zero-order valence-electron chi connectivity index (χ0n) is 12.4. The lowest BCUT2D eigenvalue weighted by atomic mass is 10.3. The number of rotatable bonds is 9. The smallest absolute Gasteiger partial charge is 0.306 e. The number of hydrogen-bond donors (Lipinski definition) is 1. The number of halogens is 1. The minimum atomic E-state index is -0.292. The zero-order valence-corrected chi connectivity index (χ0v) is 13.2. The van der Waals surface area contributed by atoms with Crippen LogP contribution in [0.3, 0.4) is 0 Å². The van der Waals surface area contributed by atoms with E-state index < -0.39 is 0 Å². The van der Waals surface area contributed by atoms with Crippen LogP contribution in [0.5, 0.6) is 0 Å². The van der Waals surface area contributed by atoms with Crippen molar-refractivity contribution in [2.75, 3.05) is 13.2 Å². The Morgan fingerprint density at radius 1 is 0.952 bits per heavy atom. The van der Waals surface area contributed by atoms with Gasteiger partial charge in [-0.2, -0.15) is 0 Å². The maximum atomic E-state index is 10.6. The third kappa shape index (κ3) is 38.1. The van der Waals surface area contributed by atoms with E-state index in [0.717, 1.165) is 0 Å². The predicted molar refractivity (Wildman–Crippen MR) is 88.2 cm³/mol. The van der Waals surface area contributed by atoms with E-state index in [1.54, 1.807) is 18.2 Å². The maximum Gasteiger partial charge on any atom is 0.306 e. The standard InChI is InChI=1S/C8H12O2.C5H7ClO.C3H6O/c1-3-5-6-8(9)10-7-4-2;1-2-3-4-5(6)7;1-2-3-4/h3-4H,1-2,5-7H2;2H,1,3-4H2;2,4H,1,3H2. The summed E-state index contributed by atoms with van der Waals surface area (Å²) >= 11 is 4.97. The number of carbonyl (C=O) groups excluding carboxylic acids is 2. The van der Waals surface area contributed by atoms with Gasteiger partial charge in [0.15, 0.2) is 0 Å². The van der Waals surface area contributed by atoms with Crippen molar-refractivity contribution in [3.8, 4) is 0 Å². The number of ether oxygens (including phenoxy) is 1. The average molecular weight is 317 g/mol. The summed E-state index contributed by atoms with van der Waals surface area (Å²) in [6.07, 6.45) is 8.52. The van der Waals surface area contributed by atoms with E-state index in [4.69, 9.17) is 16.7 Å². The lowest BCUT2D eigenvalue weighted by Crippen LogP contribution is -2.02. The molecule has 5 heteroatoms. The molecule has 0 rings (SSSR count). The molecule has 0 unspecified atom stereocenters. The zero-order chi connectivity index (χ0) is 16.9. The van der Waals surface area contributed by atoms with Crippen molar-refractivity contribution >= 4 is 22.8 Å². The average Bonchev–Trinajstić information content (AvgIpc) is 2.49. The molecule has 0 aliphatic rings. The second kappa shape index (κ2) is 23.4. The highest BCUT2D eigenvalue weighted by Gasteiger charge is 1.97. The van der Waals surface area contributed by atoms with Gasteiger partial charge in [-0.15, -0.1) is 19.7 Å². The van der Waals surface area contributed by atoms with E-state index in [1.165, 1.54) is 6.08 Å². The summed E-state index contributed by atoms with van der Waals surface area (Å²) in [7, 11) is 0. The number of allylic oxidation sites excluding steroid dienone is 2. The molecule has 1 N–H and O–H groups in total. The van der Waals surface area contributed by atoms with Gasteiger partial charge in [0.2, 0.25) is 5.24 Å². The summed E-state index contributed by atoms with van der Waals surface area (Å²) in [5.41, 5.74) is 0. The van der Waals surface area contributed by atoms with Gasteiger partial charge in [-0.05, 0) is 24.4 Å². The van der Waals surface area contributed by atoms with E-state index in [0.29, 0.717) is 32.3 Å².